The fourth-order valence-electron chi connectivity index (χ4n) is 1.73. The molecule has 1 rings (SSSR count). The molecule has 1 aromatic heterocycles. The lowest BCUT2D eigenvalue weighted by Gasteiger charge is -2.12. The summed E-state index contributed by atoms with van der Waals surface area (Å²) in [5, 5.41) is 3.34. The average molecular weight is 266 g/mol. The Hall–Kier alpha value is -1.36. The summed E-state index contributed by atoms with van der Waals surface area (Å²) in [5.41, 5.74) is 0. The van der Waals surface area contributed by atoms with E-state index in [4.69, 9.17) is 4.74 Å². The molecule has 0 aliphatic carbocycles. The maximum absolute atomic E-state index is 5.48. The van der Waals surface area contributed by atoms with E-state index in [0.29, 0.717) is 12.5 Å². The Morgan fingerprint density at radius 1 is 1.26 bits per heavy atom. The molecular weight excluding hydrogens is 240 g/mol. The third-order valence-electron chi connectivity index (χ3n) is 2.60. The van der Waals surface area contributed by atoms with Crippen molar-refractivity contribution >= 4 is 5.82 Å². The zero-order chi connectivity index (χ0) is 14.1. The summed E-state index contributed by atoms with van der Waals surface area (Å²) < 4.78 is 5.48. The van der Waals surface area contributed by atoms with Crippen molar-refractivity contribution in [1.82, 2.24) is 14.9 Å². The smallest absolute Gasteiger partial charge is 0.218 e. The van der Waals surface area contributed by atoms with Crippen molar-refractivity contribution in [2.45, 2.75) is 33.1 Å². The second-order valence-electron chi connectivity index (χ2n) is 4.77. The van der Waals surface area contributed by atoms with Crippen molar-refractivity contribution < 1.29 is 4.74 Å². The van der Waals surface area contributed by atoms with Crippen LogP contribution in [0.2, 0.25) is 0 Å². The van der Waals surface area contributed by atoms with Gasteiger partial charge in [0.2, 0.25) is 5.88 Å². The zero-order valence-electron chi connectivity index (χ0n) is 12.6. The summed E-state index contributed by atoms with van der Waals surface area (Å²) in [5.74, 6) is 2.38. The fraction of sp³-hybridized carbons (Fsp3) is 0.714. The molecule has 0 spiro atoms. The molecule has 0 atom stereocenters. The van der Waals surface area contributed by atoms with E-state index in [-0.39, 0.29) is 0 Å². The van der Waals surface area contributed by atoms with E-state index in [0.717, 1.165) is 44.0 Å². The van der Waals surface area contributed by atoms with Crippen molar-refractivity contribution in [3.63, 3.8) is 0 Å². The SMILES string of the molecule is CCCc1nc(NCCCN(C)C)cc(OCC)n1. The molecule has 0 saturated carbocycles. The topological polar surface area (TPSA) is 50.3 Å². The monoisotopic (exact) mass is 266 g/mol. The van der Waals surface area contributed by atoms with Crippen molar-refractivity contribution in [1.29, 1.82) is 0 Å². The lowest BCUT2D eigenvalue weighted by atomic mass is 10.3. The van der Waals surface area contributed by atoms with Crippen molar-refractivity contribution in [3.05, 3.63) is 11.9 Å². The van der Waals surface area contributed by atoms with Gasteiger partial charge in [-0.3, -0.25) is 0 Å². The molecule has 1 N–H and O–H groups in total. The van der Waals surface area contributed by atoms with E-state index >= 15 is 0 Å². The van der Waals surface area contributed by atoms with Crippen molar-refractivity contribution in [2.24, 2.45) is 0 Å². The highest BCUT2D eigenvalue weighted by molar-refractivity contribution is 5.38. The van der Waals surface area contributed by atoms with E-state index in [2.05, 4.69) is 41.2 Å². The van der Waals surface area contributed by atoms with Crippen LogP contribution in [-0.2, 0) is 6.42 Å². The van der Waals surface area contributed by atoms with Crippen LogP contribution in [-0.4, -0.2) is 48.7 Å². The molecule has 0 fully saturated rings. The number of nitrogens with zero attached hydrogens (tertiary/aromatic N) is 3. The van der Waals surface area contributed by atoms with Gasteiger partial charge in [-0.1, -0.05) is 6.92 Å². The van der Waals surface area contributed by atoms with Crippen LogP contribution in [0.15, 0.2) is 6.07 Å². The minimum atomic E-state index is 0.628. The maximum atomic E-state index is 5.48. The van der Waals surface area contributed by atoms with Crippen LogP contribution >= 0.6 is 0 Å². The first-order valence-electron chi connectivity index (χ1n) is 7.05. The Labute approximate surface area is 116 Å². The first-order chi connectivity index (χ1) is 9.15. The van der Waals surface area contributed by atoms with Gasteiger partial charge in [-0.15, -0.1) is 0 Å². The largest absolute Gasteiger partial charge is 0.478 e. The Morgan fingerprint density at radius 3 is 2.68 bits per heavy atom. The van der Waals surface area contributed by atoms with Gasteiger partial charge in [-0.05, 0) is 40.4 Å². The molecule has 0 unspecified atom stereocenters. The summed E-state index contributed by atoms with van der Waals surface area (Å²) in [6.45, 7) is 6.69. The van der Waals surface area contributed by atoms with E-state index in [1.807, 2.05) is 13.0 Å². The molecule has 0 radical (unpaired) electrons. The van der Waals surface area contributed by atoms with E-state index in [1.165, 1.54) is 0 Å². The van der Waals surface area contributed by atoms with Crippen molar-refractivity contribution in [3.8, 4) is 5.88 Å². The van der Waals surface area contributed by atoms with Crippen LogP contribution in [0, 0.1) is 0 Å². The van der Waals surface area contributed by atoms with Crippen LogP contribution in [0.3, 0.4) is 0 Å². The first kappa shape index (κ1) is 15.7. The van der Waals surface area contributed by atoms with Crippen LogP contribution < -0.4 is 10.1 Å². The van der Waals surface area contributed by atoms with Crippen LogP contribution in [0.1, 0.15) is 32.5 Å². The second-order valence-corrected chi connectivity index (χ2v) is 4.77. The van der Waals surface area contributed by atoms with Crippen LogP contribution in [0.25, 0.3) is 0 Å². The number of aromatic nitrogens is 2. The lowest BCUT2D eigenvalue weighted by molar-refractivity contribution is 0.325. The molecule has 1 aromatic rings. The first-order valence-corrected chi connectivity index (χ1v) is 7.05. The summed E-state index contributed by atoms with van der Waals surface area (Å²) in [6.07, 6.45) is 3.01. The van der Waals surface area contributed by atoms with Gasteiger partial charge >= 0.3 is 0 Å². The number of hydrogen-bond donors (Lipinski definition) is 1. The summed E-state index contributed by atoms with van der Waals surface area (Å²) in [7, 11) is 4.16. The molecule has 0 aliphatic heterocycles. The lowest BCUT2D eigenvalue weighted by Crippen LogP contribution is -2.17. The average Bonchev–Trinajstić information content (AvgIpc) is 2.35. The molecule has 19 heavy (non-hydrogen) atoms. The summed E-state index contributed by atoms with van der Waals surface area (Å²) in [6, 6.07) is 1.87. The zero-order valence-corrected chi connectivity index (χ0v) is 12.6. The van der Waals surface area contributed by atoms with E-state index in [1.54, 1.807) is 0 Å². The number of ether oxygens (including phenoxy) is 1. The Morgan fingerprint density at radius 2 is 2.05 bits per heavy atom. The molecule has 108 valence electrons. The van der Waals surface area contributed by atoms with Crippen LogP contribution in [0.5, 0.6) is 5.88 Å². The van der Waals surface area contributed by atoms with Gasteiger partial charge in [0, 0.05) is 19.0 Å². The second kappa shape index (κ2) is 8.69. The minimum absolute atomic E-state index is 0.628. The predicted molar refractivity (Wildman–Crippen MR) is 78.9 cm³/mol. The Balaban J connectivity index is 2.59. The van der Waals surface area contributed by atoms with E-state index < -0.39 is 0 Å². The van der Waals surface area contributed by atoms with Gasteiger partial charge in [0.05, 0.1) is 6.61 Å². The quantitative estimate of drug-likeness (QED) is 0.694. The summed E-state index contributed by atoms with van der Waals surface area (Å²) >= 11 is 0. The summed E-state index contributed by atoms with van der Waals surface area (Å²) in [4.78, 5) is 11.1. The number of anilines is 1. The molecule has 0 amide bonds. The molecular formula is C14H26N4O. The molecule has 0 saturated heterocycles. The number of aryl methyl sites for hydroxylation is 1. The van der Waals surface area contributed by atoms with E-state index in [9.17, 15) is 0 Å². The highest BCUT2D eigenvalue weighted by Gasteiger charge is 2.04. The Bertz CT molecular complexity index is 344. The minimum Gasteiger partial charge on any atom is -0.478 e. The molecule has 0 bridgehead atoms. The molecule has 0 aliphatic rings. The predicted octanol–water partition coefficient (Wildman–Crippen LogP) is 2.19. The number of hydrogen-bond acceptors (Lipinski definition) is 5. The molecule has 0 aromatic carbocycles. The van der Waals surface area contributed by atoms with Gasteiger partial charge in [0.15, 0.2) is 0 Å². The van der Waals surface area contributed by atoms with Gasteiger partial charge < -0.3 is 15.0 Å². The molecule has 5 nitrogen and oxygen atoms in total. The van der Waals surface area contributed by atoms with Gasteiger partial charge in [-0.25, -0.2) is 4.98 Å². The highest BCUT2D eigenvalue weighted by Crippen LogP contribution is 2.14. The van der Waals surface area contributed by atoms with Gasteiger partial charge in [-0.2, -0.15) is 4.98 Å². The Kier molecular flexibility index (Phi) is 7.18. The highest BCUT2D eigenvalue weighted by atomic mass is 16.5. The number of rotatable bonds is 9. The molecule has 1 heterocycles. The maximum Gasteiger partial charge on any atom is 0.218 e. The third-order valence-corrected chi connectivity index (χ3v) is 2.60. The van der Waals surface area contributed by atoms with Crippen LogP contribution in [0.4, 0.5) is 5.82 Å². The van der Waals surface area contributed by atoms with Gasteiger partial charge in [0.1, 0.15) is 11.6 Å². The molecule has 5 heteroatoms. The normalized spacial score (nSPS) is 10.8. The standard InChI is InChI=1S/C14H26N4O/c1-5-8-12-16-13(11-14(17-12)19-6-2)15-9-7-10-18(3)4/h11H,5-10H2,1-4H3,(H,15,16,17). The fourth-order valence-corrected chi connectivity index (χ4v) is 1.73. The van der Waals surface area contributed by atoms with Crippen molar-refractivity contribution in [2.75, 3.05) is 39.1 Å². The third kappa shape index (κ3) is 6.38. The number of nitrogens with one attached hydrogen (secondary N) is 1. The van der Waals surface area contributed by atoms with Gasteiger partial charge in [0.25, 0.3) is 0 Å².